The fraction of sp³-hybridized carbons (Fsp3) is 0.588. The summed E-state index contributed by atoms with van der Waals surface area (Å²) in [5, 5.41) is 20.9. The first kappa shape index (κ1) is 14.9. The zero-order valence-electron chi connectivity index (χ0n) is 12.5. The maximum Gasteiger partial charge on any atom is 0.119 e. The van der Waals surface area contributed by atoms with Crippen LogP contribution in [0.3, 0.4) is 0 Å². The van der Waals surface area contributed by atoms with Gasteiger partial charge in [-0.1, -0.05) is 31.9 Å². The molecule has 2 rings (SSSR count). The highest BCUT2D eigenvalue weighted by Crippen LogP contribution is 2.51. The molecule has 0 aliphatic heterocycles. The monoisotopic (exact) mass is 273 g/mol. The summed E-state index contributed by atoms with van der Waals surface area (Å²) in [5.74, 6) is 1.18. The van der Waals surface area contributed by atoms with Crippen molar-refractivity contribution in [2.45, 2.75) is 45.1 Å². The second-order valence-electron chi connectivity index (χ2n) is 6.20. The Morgan fingerprint density at radius 1 is 1.50 bits per heavy atom. The Balaban J connectivity index is 2.43. The molecular formula is C17H23NO2. The van der Waals surface area contributed by atoms with E-state index < -0.39 is 11.0 Å². The third-order valence-corrected chi connectivity index (χ3v) is 4.78. The van der Waals surface area contributed by atoms with Crippen molar-refractivity contribution in [3.63, 3.8) is 0 Å². The van der Waals surface area contributed by atoms with Gasteiger partial charge in [0.1, 0.15) is 11.4 Å². The summed E-state index contributed by atoms with van der Waals surface area (Å²) in [5.41, 5.74) is -1.12. The van der Waals surface area contributed by atoms with E-state index in [9.17, 15) is 10.4 Å². The molecule has 3 atom stereocenters. The van der Waals surface area contributed by atoms with E-state index in [1.54, 1.807) is 14.0 Å². The number of benzene rings is 1. The number of aliphatic hydroxyl groups is 1. The fourth-order valence-corrected chi connectivity index (χ4v) is 3.41. The molecule has 0 bridgehead atoms. The minimum absolute atomic E-state index is 0.473. The number of ether oxygens (including phenoxy) is 1. The van der Waals surface area contributed by atoms with Crippen molar-refractivity contribution in [2.75, 3.05) is 7.11 Å². The highest BCUT2D eigenvalue weighted by atomic mass is 16.5. The molecule has 1 fully saturated rings. The molecule has 1 aromatic carbocycles. The van der Waals surface area contributed by atoms with E-state index >= 15 is 0 Å². The van der Waals surface area contributed by atoms with Gasteiger partial charge in [-0.3, -0.25) is 0 Å². The van der Waals surface area contributed by atoms with E-state index in [-0.39, 0.29) is 0 Å². The summed E-state index contributed by atoms with van der Waals surface area (Å²) >= 11 is 0. The molecule has 0 heterocycles. The van der Waals surface area contributed by atoms with E-state index in [1.807, 2.05) is 24.3 Å². The van der Waals surface area contributed by atoms with Crippen LogP contribution >= 0.6 is 0 Å². The van der Waals surface area contributed by atoms with Gasteiger partial charge in [-0.05, 0) is 43.4 Å². The third-order valence-electron chi connectivity index (χ3n) is 4.78. The van der Waals surface area contributed by atoms with Crippen LogP contribution in [0.2, 0.25) is 0 Å². The lowest BCUT2D eigenvalue weighted by Gasteiger charge is -2.45. The van der Waals surface area contributed by atoms with Gasteiger partial charge in [-0.2, -0.15) is 5.26 Å². The second-order valence-corrected chi connectivity index (χ2v) is 6.20. The first-order valence-electron chi connectivity index (χ1n) is 7.23. The molecular weight excluding hydrogens is 250 g/mol. The van der Waals surface area contributed by atoms with E-state index in [4.69, 9.17) is 4.74 Å². The summed E-state index contributed by atoms with van der Waals surface area (Å²) in [6, 6.07) is 9.85. The van der Waals surface area contributed by atoms with Crippen molar-refractivity contribution in [3.05, 3.63) is 29.8 Å². The maximum atomic E-state index is 11.1. The molecule has 0 amide bonds. The van der Waals surface area contributed by atoms with E-state index in [0.717, 1.165) is 31.2 Å². The quantitative estimate of drug-likeness (QED) is 0.915. The molecule has 0 spiro atoms. The van der Waals surface area contributed by atoms with Gasteiger partial charge in [0.15, 0.2) is 0 Å². The van der Waals surface area contributed by atoms with Gasteiger partial charge >= 0.3 is 0 Å². The first-order chi connectivity index (χ1) is 9.45. The maximum absolute atomic E-state index is 11.1. The Labute approximate surface area is 121 Å². The number of methoxy groups -OCH3 is 1. The number of hydrogen-bond acceptors (Lipinski definition) is 3. The average Bonchev–Trinajstić information content (AvgIpc) is 2.47. The van der Waals surface area contributed by atoms with Crippen LogP contribution in [-0.4, -0.2) is 12.2 Å². The number of hydrogen-bond donors (Lipinski definition) is 1. The molecule has 1 aromatic rings. The molecule has 108 valence electrons. The van der Waals surface area contributed by atoms with Crippen LogP contribution in [0, 0.1) is 22.7 Å². The van der Waals surface area contributed by atoms with Crippen LogP contribution < -0.4 is 4.74 Å². The van der Waals surface area contributed by atoms with Gasteiger partial charge in [0.2, 0.25) is 0 Å². The van der Waals surface area contributed by atoms with Gasteiger partial charge in [-0.15, -0.1) is 0 Å². The SMILES string of the molecule is COc1cccc(C(C)(O)C2(C#N)CCCC(C)C2)c1. The van der Waals surface area contributed by atoms with Crippen molar-refractivity contribution < 1.29 is 9.84 Å². The topological polar surface area (TPSA) is 53.2 Å². The summed E-state index contributed by atoms with van der Waals surface area (Å²) in [6.07, 6.45) is 3.62. The van der Waals surface area contributed by atoms with Gasteiger partial charge in [-0.25, -0.2) is 0 Å². The molecule has 0 radical (unpaired) electrons. The summed E-state index contributed by atoms with van der Waals surface area (Å²) in [7, 11) is 1.61. The van der Waals surface area contributed by atoms with Crippen LogP contribution in [0.1, 0.15) is 45.1 Å². The van der Waals surface area contributed by atoms with Crippen LogP contribution in [0.5, 0.6) is 5.75 Å². The zero-order valence-corrected chi connectivity index (χ0v) is 12.5. The Bertz CT molecular complexity index is 518. The Hall–Kier alpha value is -1.53. The Morgan fingerprint density at radius 3 is 2.85 bits per heavy atom. The van der Waals surface area contributed by atoms with Crippen LogP contribution in [0.25, 0.3) is 0 Å². The number of nitrogens with zero attached hydrogens (tertiary/aromatic N) is 1. The summed E-state index contributed by atoms with van der Waals surface area (Å²) < 4.78 is 5.23. The lowest BCUT2D eigenvalue weighted by molar-refractivity contribution is -0.0721. The minimum Gasteiger partial charge on any atom is -0.497 e. The van der Waals surface area contributed by atoms with E-state index in [1.165, 1.54) is 0 Å². The highest BCUT2D eigenvalue weighted by Gasteiger charge is 2.50. The molecule has 3 unspecified atom stereocenters. The third kappa shape index (κ3) is 2.41. The van der Waals surface area contributed by atoms with E-state index in [2.05, 4.69) is 13.0 Å². The van der Waals surface area contributed by atoms with Gasteiger partial charge in [0, 0.05) is 0 Å². The molecule has 1 aliphatic carbocycles. The summed E-state index contributed by atoms with van der Waals surface area (Å²) in [4.78, 5) is 0. The van der Waals surface area contributed by atoms with E-state index in [0.29, 0.717) is 11.7 Å². The van der Waals surface area contributed by atoms with Crippen LogP contribution in [0.4, 0.5) is 0 Å². The van der Waals surface area contributed by atoms with Crippen LogP contribution in [-0.2, 0) is 5.60 Å². The summed E-state index contributed by atoms with van der Waals surface area (Å²) in [6.45, 7) is 3.93. The van der Waals surface area contributed by atoms with Crippen molar-refractivity contribution in [1.29, 1.82) is 5.26 Å². The van der Waals surface area contributed by atoms with Crippen molar-refractivity contribution in [2.24, 2.45) is 11.3 Å². The predicted octanol–water partition coefficient (Wildman–Crippen LogP) is 3.62. The van der Waals surface area contributed by atoms with Gasteiger partial charge in [0.25, 0.3) is 0 Å². The Morgan fingerprint density at radius 2 is 2.25 bits per heavy atom. The van der Waals surface area contributed by atoms with Gasteiger partial charge in [0.05, 0.1) is 18.6 Å². The van der Waals surface area contributed by atoms with Gasteiger partial charge < -0.3 is 9.84 Å². The zero-order chi connectivity index (χ0) is 14.8. The fourth-order valence-electron chi connectivity index (χ4n) is 3.41. The van der Waals surface area contributed by atoms with Crippen molar-refractivity contribution >= 4 is 0 Å². The largest absolute Gasteiger partial charge is 0.497 e. The molecule has 0 aromatic heterocycles. The molecule has 20 heavy (non-hydrogen) atoms. The second kappa shape index (κ2) is 5.46. The standard InChI is InChI=1S/C17H23NO2/c1-13-6-5-9-17(11-13,12-18)16(2,19)14-7-4-8-15(10-14)20-3/h4,7-8,10,13,19H,5-6,9,11H2,1-3H3. The highest BCUT2D eigenvalue weighted by molar-refractivity contribution is 5.35. The molecule has 3 heteroatoms. The smallest absolute Gasteiger partial charge is 0.119 e. The first-order valence-corrected chi connectivity index (χ1v) is 7.23. The predicted molar refractivity (Wildman–Crippen MR) is 78.2 cm³/mol. The molecule has 1 N–H and O–H groups in total. The normalized spacial score (nSPS) is 29.2. The lowest BCUT2D eigenvalue weighted by Crippen LogP contribution is -2.45. The minimum atomic E-state index is -1.16. The van der Waals surface area contributed by atoms with Crippen molar-refractivity contribution in [3.8, 4) is 11.8 Å². The molecule has 1 saturated carbocycles. The number of rotatable bonds is 3. The Kier molecular flexibility index (Phi) is 4.06. The molecule has 1 aliphatic rings. The average molecular weight is 273 g/mol. The molecule has 3 nitrogen and oxygen atoms in total. The lowest BCUT2D eigenvalue weighted by atomic mass is 9.60. The van der Waals surface area contributed by atoms with Crippen molar-refractivity contribution in [1.82, 2.24) is 0 Å². The number of nitriles is 1. The van der Waals surface area contributed by atoms with Crippen LogP contribution in [0.15, 0.2) is 24.3 Å². The molecule has 0 saturated heterocycles.